The number of amides is 2. The number of carbonyl (C=O) groups excluding carboxylic acids is 2. The fourth-order valence-corrected chi connectivity index (χ4v) is 1.47. The summed E-state index contributed by atoms with van der Waals surface area (Å²) in [5.74, 6) is -0.947. The lowest BCUT2D eigenvalue weighted by Gasteiger charge is -2.12. The highest BCUT2D eigenvalue weighted by Gasteiger charge is 2.36. The van der Waals surface area contributed by atoms with E-state index in [2.05, 4.69) is 6.58 Å². The molecule has 0 bridgehead atoms. The number of carbonyl (C=O) groups is 2. The predicted octanol–water partition coefficient (Wildman–Crippen LogP) is 1.97. The highest BCUT2D eigenvalue weighted by molar-refractivity contribution is 6.29. The zero-order valence-corrected chi connectivity index (χ0v) is 9.03. The monoisotopic (exact) mass is 237 g/mol. The predicted molar refractivity (Wildman–Crippen MR) is 57.9 cm³/mol. The van der Waals surface area contributed by atoms with Crippen LogP contribution >= 0.6 is 11.6 Å². The Labute approximate surface area is 97.0 Å². The molecule has 82 valence electrons. The third kappa shape index (κ3) is 1.73. The smallest absolute Gasteiger partial charge is 0.266 e. The van der Waals surface area contributed by atoms with Crippen molar-refractivity contribution in [1.82, 2.24) is 5.06 Å². The summed E-state index contributed by atoms with van der Waals surface area (Å²) in [5.41, 5.74) is 0.681. The molecule has 2 rings (SSSR count). The second-order valence-corrected chi connectivity index (χ2v) is 3.78. The molecular weight excluding hydrogens is 230 g/mol. The van der Waals surface area contributed by atoms with E-state index >= 15 is 0 Å². The van der Waals surface area contributed by atoms with Gasteiger partial charge in [0.2, 0.25) is 0 Å². The number of halogens is 1. The molecule has 0 radical (unpaired) electrons. The lowest BCUT2D eigenvalue weighted by Crippen LogP contribution is -2.30. The van der Waals surface area contributed by atoms with Gasteiger partial charge in [-0.3, -0.25) is 14.4 Å². The molecule has 0 atom stereocenters. The summed E-state index contributed by atoms with van der Waals surface area (Å²) in [5, 5.41) is 0.926. The molecule has 0 saturated heterocycles. The topological polar surface area (TPSA) is 46.6 Å². The Morgan fingerprint density at radius 3 is 2.19 bits per heavy atom. The van der Waals surface area contributed by atoms with Crippen molar-refractivity contribution in [3.63, 3.8) is 0 Å². The fourth-order valence-electron chi connectivity index (χ4n) is 1.42. The van der Waals surface area contributed by atoms with Crippen LogP contribution < -0.4 is 0 Å². The van der Waals surface area contributed by atoms with E-state index in [1.807, 2.05) is 0 Å². The SMILES string of the molecule is C=C(Cl)CON1C(=O)c2ccccc2C1=O. The summed E-state index contributed by atoms with van der Waals surface area (Å²) in [4.78, 5) is 28.4. The van der Waals surface area contributed by atoms with Crippen molar-refractivity contribution in [3.8, 4) is 0 Å². The van der Waals surface area contributed by atoms with Crippen LogP contribution in [0.4, 0.5) is 0 Å². The Bertz CT molecular complexity index is 449. The van der Waals surface area contributed by atoms with Gasteiger partial charge >= 0.3 is 0 Å². The first-order chi connectivity index (χ1) is 7.61. The summed E-state index contributed by atoms with van der Waals surface area (Å²) in [7, 11) is 0. The fraction of sp³-hybridized carbons (Fsp3) is 0.0909. The van der Waals surface area contributed by atoms with Crippen LogP contribution in [0.15, 0.2) is 35.9 Å². The molecule has 0 N–H and O–H groups in total. The molecule has 16 heavy (non-hydrogen) atoms. The molecular formula is C11H8ClNO3. The van der Waals surface area contributed by atoms with Gasteiger partial charge in [-0.25, -0.2) is 0 Å². The Kier molecular flexibility index (Phi) is 2.77. The van der Waals surface area contributed by atoms with Crippen molar-refractivity contribution < 1.29 is 14.4 Å². The molecule has 1 aromatic carbocycles. The van der Waals surface area contributed by atoms with Crippen molar-refractivity contribution in [2.45, 2.75) is 0 Å². The summed E-state index contributed by atoms with van der Waals surface area (Å²) < 4.78 is 0. The minimum Gasteiger partial charge on any atom is -0.266 e. The number of benzene rings is 1. The van der Waals surface area contributed by atoms with E-state index < -0.39 is 11.8 Å². The summed E-state index contributed by atoms with van der Waals surface area (Å²) in [6.45, 7) is 3.33. The summed E-state index contributed by atoms with van der Waals surface area (Å²) >= 11 is 5.49. The maximum Gasteiger partial charge on any atom is 0.285 e. The lowest BCUT2D eigenvalue weighted by molar-refractivity contribution is -0.0810. The molecule has 1 aliphatic rings. The number of fused-ring (bicyclic) bond motifs is 1. The number of imide groups is 1. The van der Waals surface area contributed by atoms with Crippen LogP contribution in [0.5, 0.6) is 0 Å². The van der Waals surface area contributed by atoms with Crippen molar-refractivity contribution in [2.24, 2.45) is 0 Å². The summed E-state index contributed by atoms with van der Waals surface area (Å²) in [6.07, 6.45) is 0. The highest BCUT2D eigenvalue weighted by atomic mass is 35.5. The Morgan fingerprint density at radius 1 is 1.25 bits per heavy atom. The average Bonchev–Trinajstić information content (AvgIpc) is 2.50. The third-order valence-corrected chi connectivity index (χ3v) is 2.22. The van der Waals surface area contributed by atoms with Crippen molar-refractivity contribution >= 4 is 23.4 Å². The Balaban J connectivity index is 2.25. The molecule has 1 aromatic rings. The van der Waals surface area contributed by atoms with Gasteiger partial charge in [-0.15, -0.1) is 5.06 Å². The van der Waals surface area contributed by atoms with Crippen LogP contribution in [0.3, 0.4) is 0 Å². The normalized spacial score (nSPS) is 14.2. The van der Waals surface area contributed by atoms with E-state index in [-0.39, 0.29) is 11.6 Å². The zero-order chi connectivity index (χ0) is 11.7. The molecule has 4 nitrogen and oxygen atoms in total. The molecule has 0 unspecified atom stereocenters. The number of nitrogens with zero attached hydrogens (tertiary/aromatic N) is 1. The first-order valence-electron chi connectivity index (χ1n) is 4.55. The van der Waals surface area contributed by atoms with Gasteiger partial charge in [0.25, 0.3) is 11.8 Å². The van der Waals surface area contributed by atoms with Gasteiger partial charge in [-0.05, 0) is 12.1 Å². The van der Waals surface area contributed by atoms with E-state index in [4.69, 9.17) is 16.4 Å². The molecule has 0 aliphatic carbocycles. The summed E-state index contributed by atoms with van der Waals surface area (Å²) in [6, 6.07) is 6.53. The largest absolute Gasteiger partial charge is 0.285 e. The lowest BCUT2D eigenvalue weighted by atomic mass is 10.1. The first kappa shape index (κ1) is 10.9. The maximum absolute atomic E-state index is 11.7. The highest BCUT2D eigenvalue weighted by Crippen LogP contribution is 2.22. The van der Waals surface area contributed by atoms with Crippen LogP contribution in [0.1, 0.15) is 20.7 Å². The van der Waals surface area contributed by atoms with E-state index in [1.54, 1.807) is 24.3 Å². The van der Waals surface area contributed by atoms with Gasteiger partial charge < -0.3 is 0 Å². The van der Waals surface area contributed by atoms with Crippen molar-refractivity contribution in [2.75, 3.05) is 6.61 Å². The number of hydroxylamine groups is 2. The van der Waals surface area contributed by atoms with E-state index in [1.165, 1.54) is 0 Å². The second kappa shape index (κ2) is 4.08. The van der Waals surface area contributed by atoms with E-state index in [9.17, 15) is 9.59 Å². The molecule has 5 heteroatoms. The van der Waals surface area contributed by atoms with Crippen LogP contribution in [0.2, 0.25) is 0 Å². The van der Waals surface area contributed by atoms with Gasteiger partial charge in [-0.1, -0.05) is 30.3 Å². The molecule has 1 aliphatic heterocycles. The molecule has 0 saturated carbocycles. The van der Waals surface area contributed by atoms with Gasteiger partial charge in [0.05, 0.1) is 11.1 Å². The minimum absolute atomic E-state index is 0.0764. The molecule has 2 amide bonds. The van der Waals surface area contributed by atoms with Gasteiger partial charge in [-0.2, -0.15) is 0 Å². The number of hydrogen-bond acceptors (Lipinski definition) is 3. The van der Waals surface area contributed by atoms with Crippen molar-refractivity contribution in [3.05, 3.63) is 47.0 Å². The van der Waals surface area contributed by atoms with Gasteiger partial charge in [0.15, 0.2) is 0 Å². The second-order valence-electron chi connectivity index (χ2n) is 3.24. The average molecular weight is 238 g/mol. The van der Waals surface area contributed by atoms with Crippen molar-refractivity contribution in [1.29, 1.82) is 0 Å². The van der Waals surface area contributed by atoms with E-state index in [0.717, 1.165) is 0 Å². The number of rotatable bonds is 3. The van der Waals surface area contributed by atoms with Crippen LogP contribution in [-0.2, 0) is 4.84 Å². The minimum atomic E-state index is -0.474. The molecule has 0 spiro atoms. The molecule has 1 heterocycles. The van der Waals surface area contributed by atoms with E-state index in [0.29, 0.717) is 16.2 Å². The maximum atomic E-state index is 11.7. The first-order valence-corrected chi connectivity index (χ1v) is 4.93. The third-order valence-electron chi connectivity index (χ3n) is 2.11. The molecule has 0 aromatic heterocycles. The quantitative estimate of drug-likeness (QED) is 0.755. The number of hydrogen-bond donors (Lipinski definition) is 0. The molecule has 0 fully saturated rings. The van der Waals surface area contributed by atoms with Crippen LogP contribution in [0, 0.1) is 0 Å². The standard InChI is InChI=1S/C11H8ClNO3/c1-7(12)6-16-13-10(14)8-4-2-3-5-9(8)11(13)15/h2-5H,1,6H2. The zero-order valence-electron chi connectivity index (χ0n) is 8.27. The Morgan fingerprint density at radius 2 is 1.75 bits per heavy atom. The van der Waals surface area contributed by atoms with Gasteiger partial charge in [0.1, 0.15) is 6.61 Å². The van der Waals surface area contributed by atoms with Crippen LogP contribution in [0.25, 0.3) is 0 Å². The van der Waals surface area contributed by atoms with Crippen LogP contribution in [-0.4, -0.2) is 23.5 Å². The van der Waals surface area contributed by atoms with Gasteiger partial charge in [0, 0.05) is 5.03 Å². The Hall–Kier alpha value is -1.65.